The molecule has 0 bridgehead atoms. The Bertz CT molecular complexity index is 107. The lowest BCUT2D eigenvalue weighted by molar-refractivity contribution is 0.158. The molecular weight excluding hydrogens is 152 g/mol. The lowest BCUT2D eigenvalue weighted by atomic mass is 10.2. The molecular formula is C9H22OSi. The highest BCUT2D eigenvalue weighted by atomic mass is 28.3. The van der Waals surface area contributed by atoms with Gasteiger partial charge in [-0.3, -0.25) is 0 Å². The van der Waals surface area contributed by atoms with Gasteiger partial charge in [-0.1, -0.05) is 33.5 Å². The Hall–Kier alpha value is 0.177. The van der Waals surface area contributed by atoms with E-state index in [0.717, 1.165) is 18.4 Å². The fourth-order valence-electron chi connectivity index (χ4n) is 0.928. The van der Waals surface area contributed by atoms with Gasteiger partial charge >= 0.3 is 0 Å². The smallest absolute Gasteiger partial charge is 0.0537 e. The van der Waals surface area contributed by atoms with E-state index in [9.17, 15) is 5.11 Å². The summed E-state index contributed by atoms with van der Waals surface area (Å²) in [6.07, 6.45) is 1.82. The van der Waals surface area contributed by atoms with Gasteiger partial charge in [0.25, 0.3) is 0 Å². The van der Waals surface area contributed by atoms with Crippen LogP contribution in [0.2, 0.25) is 25.2 Å². The summed E-state index contributed by atoms with van der Waals surface area (Å²) in [4.78, 5) is 0. The van der Waals surface area contributed by atoms with Crippen LogP contribution in [0.1, 0.15) is 26.7 Å². The Balaban J connectivity index is 3.77. The fraction of sp³-hybridized carbons (Fsp3) is 1.00. The van der Waals surface area contributed by atoms with Crippen molar-refractivity contribution in [2.24, 2.45) is 0 Å². The highest BCUT2D eigenvalue weighted by molar-refractivity contribution is 6.77. The molecule has 0 aromatic rings. The molecule has 0 saturated carbocycles. The zero-order valence-corrected chi connectivity index (χ0v) is 9.52. The minimum Gasteiger partial charge on any atom is -0.393 e. The van der Waals surface area contributed by atoms with Crippen molar-refractivity contribution in [3.8, 4) is 0 Å². The SMILES string of the molecule is CCC(O)CC(C)[Si](C)(C)C. The van der Waals surface area contributed by atoms with Gasteiger partial charge in [0.1, 0.15) is 0 Å². The standard InChI is InChI=1S/C9H22OSi/c1-6-9(10)7-8(2)11(3,4)5/h8-10H,6-7H2,1-5H3. The quantitative estimate of drug-likeness (QED) is 0.650. The van der Waals surface area contributed by atoms with Crippen LogP contribution in [0.25, 0.3) is 0 Å². The van der Waals surface area contributed by atoms with Crippen LogP contribution in [0.5, 0.6) is 0 Å². The van der Waals surface area contributed by atoms with Crippen molar-refractivity contribution in [1.82, 2.24) is 0 Å². The van der Waals surface area contributed by atoms with Gasteiger partial charge in [-0.2, -0.15) is 0 Å². The molecule has 0 heterocycles. The number of aliphatic hydroxyl groups is 1. The maximum absolute atomic E-state index is 9.41. The topological polar surface area (TPSA) is 20.2 Å². The summed E-state index contributed by atoms with van der Waals surface area (Å²) in [5.41, 5.74) is 0.734. The minimum atomic E-state index is -1.000. The second kappa shape index (κ2) is 4.26. The molecule has 0 amide bonds. The van der Waals surface area contributed by atoms with Crippen molar-refractivity contribution >= 4 is 8.07 Å². The Labute approximate surface area is 71.8 Å². The van der Waals surface area contributed by atoms with Crippen LogP contribution in [0.4, 0.5) is 0 Å². The van der Waals surface area contributed by atoms with E-state index in [1.165, 1.54) is 0 Å². The first-order valence-electron chi connectivity index (χ1n) is 4.56. The van der Waals surface area contributed by atoms with Crippen LogP contribution in [0.15, 0.2) is 0 Å². The number of hydrogen-bond acceptors (Lipinski definition) is 1. The predicted octanol–water partition coefficient (Wildman–Crippen LogP) is 2.88. The third-order valence-electron chi connectivity index (χ3n) is 2.58. The molecule has 1 N–H and O–H groups in total. The van der Waals surface area contributed by atoms with Gasteiger partial charge in [0, 0.05) is 8.07 Å². The average molecular weight is 174 g/mol. The Morgan fingerprint density at radius 3 is 2.00 bits per heavy atom. The highest BCUT2D eigenvalue weighted by Crippen LogP contribution is 2.26. The van der Waals surface area contributed by atoms with Crippen molar-refractivity contribution in [1.29, 1.82) is 0 Å². The third-order valence-corrected chi connectivity index (χ3v) is 5.77. The Morgan fingerprint density at radius 1 is 1.27 bits per heavy atom. The van der Waals surface area contributed by atoms with Gasteiger partial charge in [-0.05, 0) is 18.4 Å². The maximum atomic E-state index is 9.41. The van der Waals surface area contributed by atoms with Crippen molar-refractivity contribution < 1.29 is 5.11 Å². The molecule has 2 unspecified atom stereocenters. The highest BCUT2D eigenvalue weighted by Gasteiger charge is 2.23. The molecule has 2 heteroatoms. The molecule has 0 spiro atoms. The third kappa shape index (κ3) is 4.59. The number of hydrogen-bond donors (Lipinski definition) is 1. The van der Waals surface area contributed by atoms with Crippen molar-refractivity contribution in [3.05, 3.63) is 0 Å². The lowest BCUT2D eigenvalue weighted by Crippen LogP contribution is -2.28. The molecule has 0 saturated heterocycles. The lowest BCUT2D eigenvalue weighted by Gasteiger charge is -2.26. The monoisotopic (exact) mass is 174 g/mol. The summed E-state index contributed by atoms with van der Waals surface area (Å²) in [5.74, 6) is 0. The first-order valence-corrected chi connectivity index (χ1v) is 8.13. The second-order valence-electron chi connectivity index (χ2n) is 4.56. The number of aliphatic hydroxyl groups excluding tert-OH is 1. The molecule has 0 radical (unpaired) electrons. The molecule has 2 atom stereocenters. The summed E-state index contributed by atoms with van der Waals surface area (Å²) in [5, 5.41) is 9.41. The van der Waals surface area contributed by atoms with Gasteiger partial charge < -0.3 is 5.11 Å². The molecule has 1 nitrogen and oxygen atoms in total. The molecule has 0 rings (SSSR count). The van der Waals surface area contributed by atoms with Crippen LogP contribution in [-0.2, 0) is 0 Å². The summed E-state index contributed by atoms with van der Waals surface area (Å²) in [6.45, 7) is 11.4. The Kier molecular flexibility index (Phi) is 4.33. The molecule has 0 aliphatic rings. The van der Waals surface area contributed by atoms with Gasteiger partial charge in [-0.15, -0.1) is 0 Å². The van der Waals surface area contributed by atoms with E-state index in [2.05, 4.69) is 26.6 Å². The predicted molar refractivity (Wildman–Crippen MR) is 53.7 cm³/mol. The van der Waals surface area contributed by atoms with Gasteiger partial charge in [0.15, 0.2) is 0 Å². The van der Waals surface area contributed by atoms with Gasteiger partial charge in [0.2, 0.25) is 0 Å². The zero-order chi connectivity index (χ0) is 9.07. The summed E-state index contributed by atoms with van der Waals surface area (Å²) < 4.78 is 0. The van der Waals surface area contributed by atoms with Crippen molar-refractivity contribution in [2.75, 3.05) is 0 Å². The molecule has 0 aliphatic carbocycles. The normalized spacial score (nSPS) is 18.0. The van der Waals surface area contributed by atoms with Crippen LogP contribution in [-0.4, -0.2) is 19.3 Å². The molecule has 0 aliphatic heterocycles. The summed E-state index contributed by atoms with van der Waals surface area (Å²) >= 11 is 0. The largest absolute Gasteiger partial charge is 0.393 e. The molecule has 11 heavy (non-hydrogen) atoms. The summed E-state index contributed by atoms with van der Waals surface area (Å²) in [6, 6.07) is 0. The average Bonchev–Trinajstić information content (AvgIpc) is 1.85. The van der Waals surface area contributed by atoms with E-state index < -0.39 is 8.07 Å². The van der Waals surface area contributed by atoms with Crippen LogP contribution in [0, 0.1) is 0 Å². The van der Waals surface area contributed by atoms with Gasteiger partial charge in [-0.25, -0.2) is 0 Å². The molecule has 68 valence electrons. The fourth-order valence-corrected chi connectivity index (χ4v) is 1.91. The molecule has 0 fully saturated rings. The first kappa shape index (κ1) is 11.2. The van der Waals surface area contributed by atoms with E-state index in [-0.39, 0.29) is 6.10 Å². The van der Waals surface area contributed by atoms with E-state index in [1.807, 2.05) is 6.92 Å². The second-order valence-corrected chi connectivity index (χ2v) is 10.3. The van der Waals surface area contributed by atoms with Crippen LogP contribution >= 0.6 is 0 Å². The zero-order valence-electron chi connectivity index (χ0n) is 8.52. The summed E-state index contributed by atoms with van der Waals surface area (Å²) in [7, 11) is -1.000. The van der Waals surface area contributed by atoms with Gasteiger partial charge in [0.05, 0.1) is 6.10 Å². The van der Waals surface area contributed by atoms with Crippen LogP contribution in [0.3, 0.4) is 0 Å². The van der Waals surface area contributed by atoms with Crippen LogP contribution < -0.4 is 0 Å². The van der Waals surface area contributed by atoms with E-state index in [1.54, 1.807) is 0 Å². The molecule has 0 aromatic heterocycles. The van der Waals surface area contributed by atoms with E-state index in [0.29, 0.717) is 0 Å². The molecule has 0 aromatic carbocycles. The van der Waals surface area contributed by atoms with Crippen molar-refractivity contribution in [2.45, 2.75) is 58.0 Å². The number of rotatable bonds is 4. The Morgan fingerprint density at radius 2 is 1.73 bits per heavy atom. The van der Waals surface area contributed by atoms with Crippen molar-refractivity contribution in [3.63, 3.8) is 0 Å². The maximum Gasteiger partial charge on any atom is 0.0537 e. The van der Waals surface area contributed by atoms with E-state index >= 15 is 0 Å². The first-order chi connectivity index (χ1) is 4.88. The van der Waals surface area contributed by atoms with E-state index in [4.69, 9.17) is 0 Å². The minimum absolute atomic E-state index is 0.0725.